The second-order valence-electron chi connectivity index (χ2n) is 6.37. The van der Waals surface area contributed by atoms with E-state index in [2.05, 4.69) is 0 Å². The molecule has 0 radical (unpaired) electrons. The van der Waals surface area contributed by atoms with Crippen molar-refractivity contribution in [3.8, 4) is 16.1 Å². The van der Waals surface area contributed by atoms with Crippen molar-refractivity contribution in [3.63, 3.8) is 0 Å². The molecule has 0 N–H and O–H groups in total. The molecule has 30 heavy (non-hydrogen) atoms. The van der Waals surface area contributed by atoms with Crippen LogP contribution in [-0.4, -0.2) is 21.1 Å². The first-order chi connectivity index (χ1) is 14.7. The Balaban J connectivity index is 1.64. The second kappa shape index (κ2) is 8.31. The number of hydrogen-bond donors (Lipinski definition) is 0. The van der Waals surface area contributed by atoms with Crippen LogP contribution in [0.5, 0.6) is 0 Å². The molecule has 4 nitrogen and oxygen atoms in total. The van der Waals surface area contributed by atoms with Crippen LogP contribution in [0.2, 0.25) is 0 Å². The van der Waals surface area contributed by atoms with Gasteiger partial charge in [0, 0.05) is 15.8 Å². The molecule has 5 aromatic rings. The average Bonchev–Trinajstić information content (AvgIpc) is 3.54. The number of para-hydroxylation sites is 1. The molecule has 0 bridgehead atoms. The van der Waals surface area contributed by atoms with Crippen molar-refractivity contribution >= 4 is 61.8 Å². The van der Waals surface area contributed by atoms with Gasteiger partial charge in [-0.25, -0.2) is 4.98 Å². The smallest absolute Gasteiger partial charge is 0.268 e. The van der Waals surface area contributed by atoms with E-state index in [4.69, 9.17) is 4.98 Å². The van der Waals surface area contributed by atoms with Crippen molar-refractivity contribution in [2.75, 3.05) is 5.75 Å². The fourth-order valence-electron chi connectivity index (χ4n) is 3.13. The minimum atomic E-state index is -0.109. The third-order valence-electron chi connectivity index (χ3n) is 4.51. The minimum absolute atomic E-state index is 0.0365. The largest absolute Gasteiger partial charge is 0.292 e. The SMILES string of the molecule is O=C(CSc1nc2scc(-c3cccs3)c2c(=O)n1-c1ccccc1)c1cccs1. The highest BCUT2D eigenvalue weighted by Gasteiger charge is 2.20. The number of carbonyl (C=O) groups excluding carboxylic acids is 1. The van der Waals surface area contributed by atoms with Gasteiger partial charge in [-0.05, 0) is 35.0 Å². The lowest BCUT2D eigenvalue weighted by molar-refractivity contribution is 0.102. The second-order valence-corrected chi connectivity index (χ2v) is 10.1. The molecule has 1 aromatic carbocycles. The molecule has 5 rings (SSSR count). The summed E-state index contributed by atoms with van der Waals surface area (Å²) in [5, 5.41) is 7.04. The van der Waals surface area contributed by atoms with Gasteiger partial charge in [-0.1, -0.05) is 42.1 Å². The summed E-state index contributed by atoms with van der Waals surface area (Å²) in [6.07, 6.45) is 0. The number of nitrogens with zero attached hydrogens (tertiary/aromatic N) is 2. The molecule has 0 amide bonds. The fraction of sp³-hybridized carbons (Fsp3) is 0.0455. The Morgan fingerprint density at radius 1 is 0.967 bits per heavy atom. The van der Waals surface area contributed by atoms with Gasteiger partial charge in [-0.3, -0.25) is 14.2 Å². The topological polar surface area (TPSA) is 52.0 Å². The van der Waals surface area contributed by atoms with Gasteiger partial charge >= 0.3 is 0 Å². The van der Waals surface area contributed by atoms with Crippen LogP contribution in [0.25, 0.3) is 26.3 Å². The zero-order valence-electron chi connectivity index (χ0n) is 15.5. The number of aromatic nitrogens is 2. The third-order valence-corrected chi connectivity index (χ3v) is 8.13. The molecule has 0 aliphatic rings. The molecule has 0 aliphatic carbocycles. The van der Waals surface area contributed by atoms with Crippen molar-refractivity contribution in [1.82, 2.24) is 9.55 Å². The normalized spacial score (nSPS) is 11.2. The lowest BCUT2D eigenvalue weighted by Crippen LogP contribution is -2.22. The van der Waals surface area contributed by atoms with Crippen LogP contribution in [0.1, 0.15) is 9.67 Å². The van der Waals surface area contributed by atoms with Gasteiger partial charge in [0.2, 0.25) is 0 Å². The molecule has 4 aromatic heterocycles. The standard InChI is InChI=1S/C22H14N2O2S4/c25-16(18-9-5-11-28-18)13-30-22-23-20-19(15(12-29-20)17-8-4-10-27-17)21(26)24(22)14-6-2-1-3-7-14/h1-12H,13H2. The number of rotatable bonds is 6. The van der Waals surface area contributed by atoms with Crippen molar-refractivity contribution in [2.24, 2.45) is 0 Å². The van der Waals surface area contributed by atoms with Crippen LogP contribution < -0.4 is 5.56 Å². The van der Waals surface area contributed by atoms with Crippen LogP contribution in [0.15, 0.2) is 80.7 Å². The first-order valence-corrected chi connectivity index (χ1v) is 12.7. The molecule has 0 atom stereocenters. The Morgan fingerprint density at radius 2 is 1.77 bits per heavy atom. The Hall–Kier alpha value is -2.52. The van der Waals surface area contributed by atoms with Gasteiger partial charge < -0.3 is 0 Å². The maximum atomic E-state index is 13.6. The van der Waals surface area contributed by atoms with E-state index in [-0.39, 0.29) is 17.1 Å². The maximum Gasteiger partial charge on any atom is 0.268 e. The van der Waals surface area contributed by atoms with E-state index in [0.717, 1.165) is 16.1 Å². The van der Waals surface area contributed by atoms with Gasteiger partial charge in [-0.2, -0.15) is 0 Å². The van der Waals surface area contributed by atoms with Crippen molar-refractivity contribution < 1.29 is 4.79 Å². The first kappa shape index (κ1) is 19.4. The molecular weight excluding hydrogens is 453 g/mol. The number of carbonyl (C=O) groups is 1. The molecule has 0 spiro atoms. The molecule has 0 saturated carbocycles. The van der Waals surface area contributed by atoms with E-state index < -0.39 is 0 Å². The van der Waals surface area contributed by atoms with Crippen molar-refractivity contribution in [2.45, 2.75) is 5.16 Å². The summed E-state index contributed by atoms with van der Waals surface area (Å²) in [5.41, 5.74) is 1.55. The van der Waals surface area contributed by atoms with E-state index in [9.17, 15) is 9.59 Å². The van der Waals surface area contributed by atoms with E-state index in [0.29, 0.717) is 20.3 Å². The zero-order chi connectivity index (χ0) is 20.5. The number of Topliss-reactive ketones (excluding diaryl/α,β-unsaturated/α-hetero) is 1. The van der Waals surface area contributed by atoms with Gasteiger partial charge in [0.05, 0.1) is 21.7 Å². The summed E-state index contributed by atoms with van der Waals surface area (Å²) in [6.45, 7) is 0. The molecule has 0 unspecified atom stereocenters. The summed E-state index contributed by atoms with van der Waals surface area (Å²) < 4.78 is 1.62. The summed E-state index contributed by atoms with van der Waals surface area (Å²) in [6, 6.07) is 17.2. The Morgan fingerprint density at radius 3 is 2.50 bits per heavy atom. The Bertz CT molecular complexity index is 1370. The Labute approximate surface area is 188 Å². The quantitative estimate of drug-likeness (QED) is 0.170. The molecule has 4 heterocycles. The number of hydrogen-bond acceptors (Lipinski definition) is 7. The fourth-order valence-corrected chi connectivity index (χ4v) is 6.58. The number of thiophene rings is 3. The monoisotopic (exact) mass is 466 g/mol. The summed E-state index contributed by atoms with van der Waals surface area (Å²) in [4.78, 5) is 33.4. The van der Waals surface area contributed by atoms with E-state index in [1.165, 1.54) is 34.4 Å². The van der Waals surface area contributed by atoms with Crippen LogP contribution in [0.4, 0.5) is 0 Å². The van der Waals surface area contributed by atoms with Gasteiger partial charge in [0.1, 0.15) is 4.83 Å². The molecule has 8 heteroatoms. The first-order valence-electron chi connectivity index (χ1n) is 9.05. The molecule has 0 saturated heterocycles. The number of thioether (sulfide) groups is 1. The highest BCUT2D eigenvalue weighted by atomic mass is 32.2. The molecular formula is C22H14N2O2S4. The lowest BCUT2D eigenvalue weighted by Gasteiger charge is -2.12. The van der Waals surface area contributed by atoms with Crippen LogP contribution in [0, 0.1) is 0 Å². The zero-order valence-corrected chi connectivity index (χ0v) is 18.7. The van der Waals surface area contributed by atoms with Crippen LogP contribution in [0.3, 0.4) is 0 Å². The number of ketones is 1. The van der Waals surface area contributed by atoms with Gasteiger partial charge in [0.15, 0.2) is 10.9 Å². The predicted octanol–water partition coefficient (Wildman–Crippen LogP) is 6.21. The van der Waals surface area contributed by atoms with E-state index >= 15 is 0 Å². The van der Waals surface area contributed by atoms with E-state index in [1.54, 1.807) is 15.9 Å². The highest BCUT2D eigenvalue weighted by molar-refractivity contribution is 7.99. The van der Waals surface area contributed by atoms with Crippen molar-refractivity contribution in [3.05, 3.63) is 86.0 Å². The lowest BCUT2D eigenvalue weighted by atomic mass is 10.2. The molecule has 0 fully saturated rings. The Kier molecular flexibility index (Phi) is 5.39. The van der Waals surface area contributed by atoms with Crippen LogP contribution in [-0.2, 0) is 0 Å². The predicted molar refractivity (Wildman–Crippen MR) is 128 cm³/mol. The minimum Gasteiger partial charge on any atom is -0.292 e. The highest BCUT2D eigenvalue weighted by Crippen LogP contribution is 2.35. The van der Waals surface area contributed by atoms with E-state index in [1.807, 2.05) is 70.7 Å². The molecule has 148 valence electrons. The molecule has 0 aliphatic heterocycles. The van der Waals surface area contributed by atoms with Gasteiger partial charge in [-0.15, -0.1) is 34.0 Å². The maximum absolute atomic E-state index is 13.6. The van der Waals surface area contributed by atoms with Crippen LogP contribution >= 0.6 is 45.8 Å². The number of benzene rings is 1. The van der Waals surface area contributed by atoms with Gasteiger partial charge in [0.25, 0.3) is 5.56 Å². The van der Waals surface area contributed by atoms with Crippen molar-refractivity contribution in [1.29, 1.82) is 0 Å². The number of fused-ring (bicyclic) bond motifs is 1. The summed E-state index contributed by atoms with van der Waals surface area (Å²) in [5.74, 6) is 0.267. The average molecular weight is 467 g/mol. The summed E-state index contributed by atoms with van der Waals surface area (Å²) in [7, 11) is 0. The third kappa shape index (κ3) is 3.56. The summed E-state index contributed by atoms with van der Waals surface area (Å²) >= 11 is 5.80.